The number of amides is 6. The highest BCUT2D eigenvalue weighted by atomic mass is 32.2. The predicted octanol–water partition coefficient (Wildman–Crippen LogP) is -2.06. The van der Waals surface area contributed by atoms with E-state index in [2.05, 4.69) is 31.9 Å². The first kappa shape index (κ1) is 46.4. The minimum Gasteiger partial charge on any atom is -0.481 e. The fraction of sp³-hybridized carbons (Fsp3) is 0.733. The van der Waals surface area contributed by atoms with Crippen LogP contribution in [0.2, 0.25) is 0 Å². The fourth-order valence-corrected chi connectivity index (χ4v) is 5.13. The summed E-state index contributed by atoms with van der Waals surface area (Å²) in [7, 11) is 0. The van der Waals surface area contributed by atoms with Gasteiger partial charge in [-0.1, -0.05) is 12.8 Å². The fourth-order valence-electron chi connectivity index (χ4n) is 4.19. The Bertz CT molecular complexity index is 1030. The Labute approximate surface area is 299 Å². The second kappa shape index (κ2) is 28.1. The number of nitrogens with one attached hydrogen (secondary N) is 6. The summed E-state index contributed by atoms with van der Waals surface area (Å²) >= 11 is 2.86. The summed E-state index contributed by atoms with van der Waals surface area (Å²) in [5, 5.41) is 51.9. The van der Waals surface area contributed by atoms with Gasteiger partial charge in [0.15, 0.2) is 0 Å². The SMILES string of the molecule is CSCC[C@H](NC(=O)CCC(=O)O)C(=O)N[C@@H](CO)C(=O)NCCCCCCNC(=O)[C@H](CO)NC(=O)[C@H](CCSC)NC(=O)CCC(=O)O. The Hall–Kier alpha value is -3.62. The molecule has 0 heterocycles. The number of carboxylic acids is 2. The summed E-state index contributed by atoms with van der Waals surface area (Å²) in [6, 6.07) is -4.55. The highest BCUT2D eigenvalue weighted by molar-refractivity contribution is 7.98. The molecule has 10 N–H and O–H groups in total. The Kier molecular flexibility index (Phi) is 26.1. The van der Waals surface area contributed by atoms with Gasteiger partial charge in [-0.2, -0.15) is 23.5 Å². The number of carbonyl (C=O) groups is 8. The van der Waals surface area contributed by atoms with Crippen LogP contribution in [0.4, 0.5) is 0 Å². The number of unbranched alkanes of at least 4 members (excludes halogenated alkanes) is 3. The summed E-state index contributed by atoms with van der Waals surface area (Å²) in [6.45, 7) is -0.894. The van der Waals surface area contributed by atoms with Gasteiger partial charge in [-0.3, -0.25) is 38.4 Å². The zero-order chi connectivity index (χ0) is 37.9. The molecule has 0 spiro atoms. The van der Waals surface area contributed by atoms with E-state index in [0.29, 0.717) is 37.2 Å². The lowest BCUT2D eigenvalue weighted by Crippen LogP contribution is -2.55. The van der Waals surface area contributed by atoms with Crippen molar-refractivity contribution in [3.8, 4) is 0 Å². The Balaban J connectivity index is 4.60. The number of thioether (sulfide) groups is 2. The summed E-state index contributed by atoms with van der Waals surface area (Å²) in [5.41, 5.74) is 0. The number of hydrogen-bond donors (Lipinski definition) is 10. The van der Waals surface area contributed by atoms with E-state index in [1.54, 1.807) is 0 Å². The first-order chi connectivity index (χ1) is 23.8. The number of aliphatic hydroxyl groups is 2. The zero-order valence-electron chi connectivity index (χ0n) is 28.5. The molecule has 0 fully saturated rings. The molecule has 286 valence electrons. The van der Waals surface area contributed by atoms with E-state index in [4.69, 9.17) is 10.2 Å². The lowest BCUT2D eigenvalue weighted by Gasteiger charge is -2.22. The van der Waals surface area contributed by atoms with Crippen LogP contribution >= 0.6 is 23.5 Å². The van der Waals surface area contributed by atoms with Crippen molar-refractivity contribution in [1.82, 2.24) is 31.9 Å². The first-order valence-corrected chi connectivity index (χ1v) is 19.0. The molecule has 0 aromatic heterocycles. The van der Waals surface area contributed by atoms with Crippen LogP contribution in [-0.4, -0.2) is 142 Å². The third-order valence-electron chi connectivity index (χ3n) is 6.99. The Morgan fingerprint density at radius 3 is 1.16 bits per heavy atom. The molecule has 50 heavy (non-hydrogen) atoms. The maximum atomic E-state index is 12.7. The molecule has 0 aliphatic heterocycles. The third-order valence-corrected chi connectivity index (χ3v) is 8.28. The smallest absolute Gasteiger partial charge is 0.303 e. The van der Waals surface area contributed by atoms with Gasteiger partial charge >= 0.3 is 11.9 Å². The van der Waals surface area contributed by atoms with Crippen LogP contribution in [-0.2, 0) is 38.4 Å². The van der Waals surface area contributed by atoms with Crippen molar-refractivity contribution in [3.05, 3.63) is 0 Å². The molecule has 18 nitrogen and oxygen atoms in total. The van der Waals surface area contributed by atoms with Crippen molar-refractivity contribution in [2.45, 2.75) is 88.4 Å². The number of aliphatic hydroxyl groups excluding tert-OH is 2. The van der Waals surface area contributed by atoms with Crippen molar-refractivity contribution < 1.29 is 58.8 Å². The molecular formula is C30H52N6O12S2. The maximum absolute atomic E-state index is 12.7. The minimum atomic E-state index is -1.26. The van der Waals surface area contributed by atoms with E-state index in [9.17, 15) is 48.6 Å². The van der Waals surface area contributed by atoms with Gasteiger partial charge in [0.25, 0.3) is 0 Å². The summed E-state index contributed by atoms with van der Waals surface area (Å²) in [5.74, 6) is -5.15. The molecule has 0 aliphatic rings. The maximum Gasteiger partial charge on any atom is 0.303 e. The van der Waals surface area contributed by atoms with E-state index in [0.717, 1.165) is 0 Å². The molecule has 0 unspecified atom stereocenters. The highest BCUT2D eigenvalue weighted by Crippen LogP contribution is 2.05. The van der Waals surface area contributed by atoms with Gasteiger partial charge in [-0.05, 0) is 49.7 Å². The monoisotopic (exact) mass is 752 g/mol. The predicted molar refractivity (Wildman–Crippen MR) is 186 cm³/mol. The highest BCUT2D eigenvalue weighted by Gasteiger charge is 2.27. The van der Waals surface area contributed by atoms with Crippen LogP contribution in [0.15, 0.2) is 0 Å². The molecule has 0 aliphatic carbocycles. The average Bonchev–Trinajstić information content (AvgIpc) is 3.08. The largest absolute Gasteiger partial charge is 0.481 e. The second-order valence-corrected chi connectivity index (χ2v) is 13.0. The topological polar surface area (TPSA) is 290 Å². The standard InChI is InChI=1S/C30H52N6O12S2/c1-49-15-11-19(33-23(39)7-9-25(41)42)29(47)35-21(17-37)27(45)31-13-5-3-4-6-14-32-28(46)22(18-38)36-30(48)20(12-16-50-2)34-24(40)8-10-26(43)44/h19-22,37-38H,3-18H2,1-2H3,(H,31,45)(H,32,46)(H,33,39)(H,34,40)(H,35,47)(H,36,48)(H,41,42)(H,43,44)/t19-,20-,21-,22-/m0/s1. The Morgan fingerprint density at radius 1 is 0.500 bits per heavy atom. The summed E-state index contributed by atoms with van der Waals surface area (Å²) in [4.78, 5) is 96.1. The first-order valence-electron chi connectivity index (χ1n) is 16.2. The van der Waals surface area contributed by atoms with Crippen LogP contribution in [0, 0.1) is 0 Å². The number of hydrogen-bond acceptors (Lipinski definition) is 12. The molecule has 0 bridgehead atoms. The molecule has 4 atom stereocenters. The third kappa shape index (κ3) is 22.2. The molecule has 6 amide bonds. The van der Waals surface area contributed by atoms with Gasteiger partial charge in [0.1, 0.15) is 24.2 Å². The number of carbonyl (C=O) groups excluding carboxylic acids is 6. The lowest BCUT2D eigenvalue weighted by atomic mass is 10.1. The zero-order valence-corrected chi connectivity index (χ0v) is 30.1. The quantitative estimate of drug-likeness (QED) is 0.0368. The summed E-state index contributed by atoms with van der Waals surface area (Å²) < 4.78 is 0. The molecule has 20 heteroatoms. The van der Waals surface area contributed by atoms with Crippen LogP contribution < -0.4 is 31.9 Å². The second-order valence-electron chi connectivity index (χ2n) is 11.1. The van der Waals surface area contributed by atoms with Crippen molar-refractivity contribution >= 4 is 70.9 Å². The van der Waals surface area contributed by atoms with Crippen molar-refractivity contribution in [2.75, 3.05) is 50.3 Å². The molecule has 0 saturated heterocycles. The van der Waals surface area contributed by atoms with Crippen molar-refractivity contribution in [3.63, 3.8) is 0 Å². The average molecular weight is 753 g/mol. The normalized spacial score (nSPS) is 13.1. The van der Waals surface area contributed by atoms with Gasteiger partial charge in [-0.25, -0.2) is 0 Å². The molecule has 0 radical (unpaired) electrons. The van der Waals surface area contributed by atoms with E-state index in [-0.39, 0.29) is 38.8 Å². The molecule has 0 saturated carbocycles. The Morgan fingerprint density at radius 2 is 0.860 bits per heavy atom. The van der Waals surface area contributed by atoms with Gasteiger partial charge in [0.05, 0.1) is 26.1 Å². The van der Waals surface area contributed by atoms with E-state index in [1.807, 2.05) is 12.5 Å². The van der Waals surface area contributed by atoms with E-state index >= 15 is 0 Å². The van der Waals surface area contributed by atoms with Gasteiger partial charge < -0.3 is 52.3 Å². The van der Waals surface area contributed by atoms with Crippen LogP contribution in [0.1, 0.15) is 64.2 Å². The van der Waals surface area contributed by atoms with Crippen LogP contribution in [0.25, 0.3) is 0 Å². The number of aliphatic carboxylic acids is 2. The molecule has 0 rings (SSSR count). The summed E-state index contributed by atoms with van der Waals surface area (Å²) in [6.07, 6.45) is 5.08. The van der Waals surface area contributed by atoms with Crippen molar-refractivity contribution in [1.29, 1.82) is 0 Å². The number of rotatable bonds is 29. The van der Waals surface area contributed by atoms with Crippen LogP contribution in [0.3, 0.4) is 0 Å². The lowest BCUT2D eigenvalue weighted by molar-refractivity contribution is -0.139. The minimum absolute atomic E-state index is 0.234. The van der Waals surface area contributed by atoms with Crippen molar-refractivity contribution in [2.24, 2.45) is 0 Å². The van der Waals surface area contributed by atoms with Gasteiger partial charge in [0, 0.05) is 25.9 Å². The molecular weight excluding hydrogens is 700 g/mol. The van der Waals surface area contributed by atoms with E-state index in [1.165, 1.54) is 23.5 Å². The van der Waals surface area contributed by atoms with Crippen LogP contribution in [0.5, 0.6) is 0 Å². The molecule has 0 aromatic rings. The number of carboxylic acid groups (broad SMARTS) is 2. The van der Waals surface area contributed by atoms with Gasteiger partial charge in [-0.15, -0.1) is 0 Å². The van der Waals surface area contributed by atoms with Gasteiger partial charge in [0.2, 0.25) is 35.4 Å². The van der Waals surface area contributed by atoms with E-state index < -0.39 is 97.6 Å². The molecule has 0 aromatic carbocycles.